The lowest BCUT2D eigenvalue weighted by molar-refractivity contribution is -0.914. The Morgan fingerprint density at radius 3 is 2.40 bits per heavy atom. The van der Waals surface area contributed by atoms with Crippen molar-refractivity contribution >= 4 is 28.6 Å². The van der Waals surface area contributed by atoms with Crippen LogP contribution >= 0.6 is 0 Å². The van der Waals surface area contributed by atoms with Gasteiger partial charge in [0.25, 0.3) is 0 Å². The third-order valence-corrected chi connectivity index (χ3v) is 5.29. The summed E-state index contributed by atoms with van der Waals surface area (Å²) in [6, 6.07) is 17.0. The molecule has 0 atom stereocenters. The van der Waals surface area contributed by atoms with Gasteiger partial charge in [-0.05, 0) is 22.4 Å². The molecule has 9 heteroatoms. The van der Waals surface area contributed by atoms with E-state index in [1.807, 2.05) is 6.07 Å². The van der Waals surface area contributed by atoms with Crippen LogP contribution in [0.25, 0.3) is 11.3 Å². The zero-order valence-corrected chi connectivity index (χ0v) is 16.3. The van der Waals surface area contributed by atoms with Crippen LogP contribution in [0.2, 0.25) is 0 Å². The number of nitrogens with one attached hydrogen (secondary N) is 2. The molecule has 152 valence electrons. The Morgan fingerprint density at radius 1 is 0.933 bits per heavy atom. The quantitative estimate of drug-likeness (QED) is 0.523. The largest absolute Gasteiger partial charge is 0.342 e. The van der Waals surface area contributed by atoms with Gasteiger partial charge in [0.1, 0.15) is 12.4 Å². The molecule has 8 nitrogen and oxygen atoms in total. The van der Waals surface area contributed by atoms with Gasteiger partial charge in [-0.2, -0.15) is 0 Å². The summed E-state index contributed by atoms with van der Waals surface area (Å²) in [5, 5.41) is 10.7. The van der Waals surface area contributed by atoms with Crippen molar-refractivity contribution < 1.29 is 13.9 Å². The molecular formula is C21H21FN7O+. The summed E-state index contributed by atoms with van der Waals surface area (Å²) in [6.07, 6.45) is 0. The molecule has 2 N–H and O–H groups in total. The number of hydrogen-bond acceptors (Lipinski definition) is 7. The average molecular weight is 406 g/mol. The van der Waals surface area contributed by atoms with Crippen LogP contribution in [-0.4, -0.2) is 46.5 Å². The number of nitrogens with zero attached hydrogens (tertiary/aromatic N) is 5. The fourth-order valence-corrected chi connectivity index (χ4v) is 3.72. The summed E-state index contributed by atoms with van der Waals surface area (Å²) in [6.45, 7) is 4.53. The van der Waals surface area contributed by atoms with Crippen molar-refractivity contribution in [2.45, 2.75) is 6.54 Å². The van der Waals surface area contributed by atoms with Crippen molar-refractivity contribution in [2.24, 2.45) is 0 Å². The van der Waals surface area contributed by atoms with E-state index in [2.05, 4.69) is 54.8 Å². The molecule has 30 heavy (non-hydrogen) atoms. The molecular weight excluding hydrogens is 385 g/mol. The SMILES string of the molecule is Fc1ccccc1Nc1nc2nonc2nc1N1CC[NH+](Cc2ccccc2)CC1. The zero-order chi connectivity index (χ0) is 20.3. The monoisotopic (exact) mass is 406 g/mol. The summed E-state index contributed by atoms with van der Waals surface area (Å²) in [5.41, 5.74) is 2.28. The number of piperazine rings is 1. The van der Waals surface area contributed by atoms with Crippen molar-refractivity contribution in [3.63, 3.8) is 0 Å². The number of para-hydroxylation sites is 1. The minimum Gasteiger partial charge on any atom is -0.342 e. The number of hydrogen-bond donors (Lipinski definition) is 2. The third-order valence-electron chi connectivity index (χ3n) is 5.29. The van der Waals surface area contributed by atoms with E-state index < -0.39 is 0 Å². The van der Waals surface area contributed by atoms with Crippen LogP contribution in [-0.2, 0) is 6.54 Å². The maximum atomic E-state index is 14.2. The third kappa shape index (κ3) is 3.79. The Kier molecular flexibility index (Phi) is 4.94. The van der Waals surface area contributed by atoms with Crippen LogP contribution in [0.3, 0.4) is 0 Å². The van der Waals surface area contributed by atoms with Gasteiger partial charge in [0, 0.05) is 5.56 Å². The average Bonchev–Trinajstić information content (AvgIpc) is 3.24. The molecule has 2 aromatic carbocycles. The van der Waals surface area contributed by atoms with Crippen molar-refractivity contribution in [1.82, 2.24) is 20.3 Å². The zero-order valence-electron chi connectivity index (χ0n) is 16.3. The first-order valence-corrected chi connectivity index (χ1v) is 9.90. The molecule has 5 rings (SSSR count). The molecule has 0 spiro atoms. The minimum absolute atomic E-state index is 0.283. The second kappa shape index (κ2) is 8.03. The molecule has 2 aromatic heterocycles. The molecule has 1 aliphatic heterocycles. The lowest BCUT2D eigenvalue weighted by atomic mass is 10.2. The van der Waals surface area contributed by atoms with E-state index in [-0.39, 0.29) is 11.5 Å². The van der Waals surface area contributed by atoms with E-state index in [0.29, 0.717) is 23.0 Å². The van der Waals surface area contributed by atoms with Crippen molar-refractivity contribution in [3.8, 4) is 0 Å². The molecule has 1 fully saturated rings. The van der Waals surface area contributed by atoms with Crippen LogP contribution in [0.5, 0.6) is 0 Å². The van der Waals surface area contributed by atoms with Gasteiger partial charge in [-0.1, -0.05) is 42.5 Å². The normalized spacial score (nSPS) is 14.9. The maximum absolute atomic E-state index is 14.2. The number of anilines is 3. The van der Waals surface area contributed by atoms with Gasteiger partial charge in [0.05, 0.1) is 31.9 Å². The smallest absolute Gasteiger partial charge is 0.245 e. The van der Waals surface area contributed by atoms with Crippen LogP contribution < -0.4 is 15.1 Å². The number of halogens is 1. The minimum atomic E-state index is -0.360. The topological polar surface area (TPSA) is 84.4 Å². The maximum Gasteiger partial charge on any atom is 0.245 e. The van der Waals surface area contributed by atoms with E-state index >= 15 is 0 Å². The van der Waals surface area contributed by atoms with Crippen LogP contribution in [0, 0.1) is 5.82 Å². The van der Waals surface area contributed by atoms with Crippen LogP contribution in [0.4, 0.5) is 21.7 Å². The highest BCUT2D eigenvalue weighted by atomic mass is 19.1. The molecule has 0 aliphatic carbocycles. The van der Waals surface area contributed by atoms with Crippen molar-refractivity contribution in [3.05, 3.63) is 66.0 Å². The molecule has 0 bridgehead atoms. The van der Waals surface area contributed by atoms with Crippen molar-refractivity contribution in [1.29, 1.82) is 0 Å². The summed E-state index contributed by atoms with van der Waals surface area (Å²) >= 11 is 0. The Bertz CT molecular complexity index is 1140. The van der Waals surface area contributed by atoms with E-state index in [4.69, 9.17) is 4.63 Å². The van der Waals surface area contributed by atoms with Crippen molar-refractivity contribution in [2.75, 3.05) is 36.4 Å². The number of benzene rings is 2. The van der Waals surface area contributed by atoms with Gasteiger partial charge in [0.2, 0.25) is 11.3 Å². The molecule has 0 radical (unpaired) electrons. The Balaban J connectivity index is 1.38. The first-order chi connectivity index (χ1) is 14.8. The first-order valence-electron chi connectivity index (χ1n) is 9.90. The molecule has 3 heterocycles. The van der Waals surface area contributed by atoms with Gasteiger partial charge in [-0.15, -0.1) is 0 Å². The van der Waals surface area contributed by atoms with E-state index in [9.17, 15) is 4.39 Å². The highest BCUT2D eigenvalue weighted by Crippen LogP contribution is 2.28. The Labute approximate surface area is 172 Å². The predicted molar refractivity (Wildman–Crippen MR) is 110 cm³/mol. The van der Waals surface area contributed by atoms with Gasteiger partial charge in [-0.25, -0.2) is 19.0 Å². The lowest BCUT2D eigenvalue weighted by Gasteiger charge is -2.33. The Hall–Kier alpha value is -3.59. The summed E-state index contributed by atoms with van der Waals surface area (Å²) in [4.78, 5) is 12.7. The second-order valence-electron chi connectivity index (χ2n) is 7.31. The molecule has 4 aromatic rings. The lowest BCUT2D eigenvalue weighted by Crippen LogP contribution is -3.13. The second-order valence-corrected chi connectivity index (χ2v) is 7.31. The van der Waals surface area contributed by atoms with Crippen LogP contribution in [0.1, 0.15) is 5.56 Å². The van der Waals surface area contributed by atoms with E-state index in [0.717, 1.165) is 32.7 Å². The van der Waals surface area contributed by atoms with E-state index in [1.54, 1.807) is 18.2 Å². The molecule has 0 amide bonds. The molecule has 0 unspecified atom stereocenters. The summed E-state index contributed by atoms with van der Waals surface area (Å²) < 4.78 is 19.0. The standard InChI is InChI=1S/C21H20FN7O/c22-16-8-4-5-9-17(16)23-20-21(25-19-18(24-20)26-30-27-19)29-12-10-28(11-13-29)14-15-6-2-1-3-7-15/h1-9H,10-14H2,(H,23,24,26)/p+1. The van der Waals surface area contributed by atoms with Gasteiger partial charge in [0.15, 0.2) is 11.6 Å². The van der Waals surface area contributed by atoms with E-state index in [1.165, 1.54) is 16.5 Å². The summed E-state index contributed by atoms with van der Waals surface area (Å²) in [7, 11) is 0. The van der Waals surface area contributed by atoms with Gasteiger partial charge >= 0.3 is 0 Å². The number of aromatic nitrogens is 4. The number of fused-ring (bicyclic) bond motifs is 1. The highest BCUT2D eigenvalue weighted by molar-refractivity contribution is 5.77. The molecule has 1 aliphatic rings. The fraction of sp³-hybridized carbons (Fsp3) is 0.238. The molecule has 0 saturated carbocycles. The van der Waals surface area contributed by atoms with Gasteiger partial charge < -0.3 is 15.1 Å². The number of quaternary nitrogens is 1. The highest BCUT2D eigenvalue weighted by Gasteiger charge is 2.25. The van der Waals surface area contributed by atoms with Gasteiger partial charge in [-0.3, -0.25) is 0 Å². The van der Waals surface area contributed by atoms with Crippen LogP contribution in [0.15, 0.2) is 59.2 Å². The summed E-state index contributed by atoms with van der Waals surface area (Å²) in [5.74, 6) is 0.704. The fourth-order valence-electron chi connectivity index (χ4n) is 3.72. The Morgan fingerprint density at radius 2 is 1.63 bits per heavy atom. The molecule has 1 saturated heterocycles. The predicted octanol–water partition coefficient (Wildman–Crippen LogP) is 1.80. The number of rotatable bonds is 5. The first kappa shape index (κ1) is 18.4.